The number of ether oxygens (including phenoxy) is 2. The van der Waals surface area contributed by atoms with Gasteiger partial charge in [-0.3, -0.25) is 13.9 Å². The summed E-state index contributed by atoms with van der Waals surface area (Å²) in [5.74, 6) is 0.427. The molecule has 0 amide bonds. The third-order valence-corrected chi connectivity index (χ3v) is 4.38. The molecule has 2 rings (SSSR count). The van der Waals surface area contributed by atoms with Crippen molar-refractivity contribution in [2.24, 2.45) is 0 Å². The van der Waals surface area contributed by atoms with Gasteiger partial charge in [0.2, 0.25) is 0 Å². The molecular weight excluding hydrogens is 280 g/mol. The lowest BCUT2D eigenvalue weighted by molar-refractivity contribution is -0.143. The molecule has 110 valence electrons. The van der Waals surface area contributed by atoms with E-state index in [1.807, 2.05) is 0 Å². The van der Waals surface area contributed by atoms with Crippen LogP contribution in [0.4, 0.5) is 0 Å². The Labute approximate surface area is 119 Å². The predicted molar refractivity (Wildman–Crippen MR) is 78.0 cm³/mol. The summed E-state index contributed by atoms with van der Waals surface area (Å²) in [5, 5.41) is 1.40. The molecule has 0 saturated carbocycles. The highest BCUT2D eigenvalue weighted by molar-refractivity contribution is 8.27. The molecule has 0 spiro atoms. The first kappa shape index (κ1) is 14.9. The summed E-state index contributed by atoms with van der Waals surface area (Å²) in [6.07, 6.45) is 2.59. The Morgan fingerprint density at radius 3 is 2.90 bits per heavy atom. The Bertz CT molecular complexity index is 524. The number of benzene rings is 1. The molecule has 1 aliphatic rings. The van der Waals surface area contributed by atoms with Crippen LogP contribution in [0.5, 0.6) is 5.75 Å². The summed E-state index contributed by atoms with van der Waals surface area (Å²) in [7, 11) is -2.76. The maximum atomic E-state index is 11.1. The number of hydrogen-bond donors (Lipinski definition) is 2. The van der Waals surface area contributed by atoms with Crippen molar-refractivity contribution >= 4 is 22.6 Å². The van der Waals surface area contributed by atoms with Crippen LogP contribution in [-0.2, 0) is 9.53 Å². The Morgan fingerprint density at radius 2 is 2.15 bits per heavy atom. The fourth-order valence-electron chi connectivity index (χ4n) is 1.90. The van der Waals surface area contributed by atoms with Gasteiger partial charge in [0, 0.05) is 17.4 Å². The zero-order valence-corrected chi connectivity index (χ0v) is 12.1. The molecule has 0 unspecified atom stereocenters. The van der Waals surface area contributed by atoms with Crippen LogP contribution in [0.3, 0.4) is 0 Å². The number of fused-ring (bicyclic) bond motifs is 1. The molecule has 20 heavy (non-hydrogen) atoms. The number of esters is 1. The number of rotatable bonds is 6. The molecule has 1 aliphatic heterocycles. The van der Waals surface area contributed by atoms with E-state index in [1.165, 1.54) is 5.41 Å². The van der Waals surface area contributed by atoms with Crippen LogP contribution < -0.4 is 4.74 Å². The van der Waals surface area contributed by atoms with Crippen LogP contribution in [-0.4, -0.2) is 28.3 Å². The molecular formula is C14H18O5S. The predicted octanol–water partition coefficient (Wildman–Crippen LogP) is 3.50. The van der Waals surface area contributed by atoms with Crippen molar-refractivity contribution in [2.75, 3.05) is 13.2 Å². The minimum absolute atomic E-state index is 0.220. The van der Waals surface area contributed by atoms with E-state index in [4.69, 9.17) is 9.47 Å². The molecule has 0 aliphatic carbocycles. The summed E-state index contributed by atoms with van der Waals surface area (Å²) in [6, 6.07) is 5.12. The van der Waals surface area contributed by atoms with E-state index < -0.39 is 10.6 Å². The van der Waals surface area contributed by atoms with Crippen molar-refractivity contribution < 1.29 is 23.4 Å². The van der Waals surface area contributed by atoms with Gasteiger partial charge in [0.25, 0.3) is 0 Å². The second-order valence-corrected chi connectivity index (χ2v) is 6.25. The van der Waals surface area contributed by atoms with Crippen LogP contribution in [0, 0.1) is 0 Å². The molecule has 5 nitrogen and oxygen atoms in total. The Morgan fingerprint density at radius 1 is 1.35 bits per heavy atom. The quantitative estimate of drug-likeness (QED) is 0.621. The Hall–Kier alpha value is -1.50. The minimum atomic E-state index is -2.76. The molecule has 1 heterocycles. The average Bonchev–Trinajstić information content (AvgIpc) is 2.71. The first-order valence-corrected chi connectivity index (χ1v) is 8.03. The van der Waals surface area contributed by atoms with Crippen LogP contribution in [0.25, 0.3) is 6.08 Å². The van der Waals surface area contributed by atoms with E-state index in [0.29, 0.717) is 36.7 Å². The highest BCUT2D eigenvalue weighted by Gasteiger charge is 2.21. The molecule has 0 atom stereocenters. The molecule has 6 heteroatoms. The first-order valence-electron chi connectivity index (χ1n) is 6.42. The second kappa shape index (κ2) is 6.30. The maximum absolute atomic E-state index is 11.1. The molecule has 2 N–H and O–H groups in total. The van der Waals surface area contributed by atoms with Gasteiger partial charge < -0.3 is 9.47 Å². The molecule has 1 aromatic carbocycles. The Balaban J connectivity index is 1.84. The van der Waals surface area contributed by atoms with Crippen molar-refractivity contribution in [2.45, 2.75) is 24.7 Å². The van der Waals surface area contributed by atoms with E-state index in [2.05, 4.69) is 0 Å². The fraction of sp³-hybridized carbons (Fsp3) is 0.357. The smallest absolute Gasteiger partial charge is 0.305 e. The lowest BCUT2D eigenvalue weighted by Gasteiger charge is -2.25. The van der Waals surface area contributed by atoms with Crippen LogP contribution in [0.15, 0.2) is 28.5 Å². The third-order valence-electron chi connectivity index (χ3n) is 2.84. The van der Waals surface area contributed by atoms with Gasteiger partial charge in [0.05, 0.1) is 18.1 Å². The Kier molecular flexibility index (Phi) is 4.69. The highest BCUT2D eigenvalue weighted by Crippen LogP contribution is 2.56. The van der Waals surface area contributed by atoms with E-state index in [9.17, 15) is 13.9 Å². The molecule has 0 fully saturated rings. The number of carbonyl (C=O) groups excluding carboxylic acids is 1. The zero-order chi connectivity index (χ0) is 14.6. The summed E-state index contributed by atoms with van der Waals surface area (Å²) in [4.78, 5) is 11.7. The van der Waals surface area contributed by atoms with Crippen molar-refractivity contribution in [3.05, 3.63) is 29.2 Å². The van der Waals surface area contributed by atoms with Crippen molar-refractivity contribution in [1.29, 1.82) is 0 Å². The minimum Gasteiger partial charge on any atom is -0.494 e. The summed E-state index contributed by atoms with van der Waals surface area (Å²) < 4.78 is 29.8. The van der Waals surface area contributed by atoms with Crippen LogP contribution in [0.2, 0.25) is 0 Å². The van der Waals surface area contributed by atoms with Crippen molar-refractivity contribution in [1.82, 2.24) is 0 Å². The monoisotopic (exact) mass is 298 g/mol. The SMILES string of the molecule is CCOC(=O)CCCOc1ccc2c(c1)C=CS2(O)O. The van der Waals surface area contributed by atoms with E-state index in [-0.39, 0.29) is 5.97 Å². The third kappa shape index (κ3) is 3.53. The zero-order valence-electron chi connectivity index (χ0n) is 11.2. The molecule has 1 aromatic rings. The largest absolute Gasteiger partial charge is 0.494 e. The number of hydrogen-bond acceptors (Lipinski definition) is 5. The van der Waals surface area contributed by atoms with Gasteiger partial charge in [-0.25, -0.2) is 0 Å². The van der Waals surface area contributed by atoms with Crippen molar-refractivity contribution in [3.8, 4) is 5.75 Å². The van der Waals surface area contributed by atoms with Gasteiger partial charge in [-0.15, -0.1) is 10.6 Å². The standard InChI is InChI=1S/C14H18O5S/c1-2-18-14(15)4-3-8-19-12-5-6-13-11(10-12)7-9-20(13,16)17/h5-7,9-10,16-17H,2-4,8H2,1H3. The van der Waals surface area contributed by atoms with Gasteiger partial charge in [-0.1, -0.05) is 0 Å². The van der Waals surface area contributed by atoms with E-state index >= 15 is 0 Å². The van der Waals surface area contributed by atoms with Gasteiger partial charge in [-0.2, -0.15) is 0 Å². The molecule has 0 saturated heterocycles. The van der Waals surface area contributed by atoms with Crippen LogP contribution >= 0.6 is 10.6 Å². The molecule has 0 radical (unpaired) electrons. The molecule has 0 aromatic heterocycles. The maximum Gasteiger partial charge on any atom is 0.305 e. The summed E-state index contributed by atoms with van der Waals surface area (Å²) in [6.45, 7) is 2.58. The number of carbonyl (C=O) groups is 1. The van der Waals surface area contributed by atoms with Gasteiger partial charge in [0.1, 0.15) is 5.75 Å². The van der Waals surface area contributed by atoms with Gasteiger partial charge >= 0.3 is 5.97 Å². The van der Waals surface area contributed by atoms with Crippen molar-refractivity contribution in [3.63, 3.8) is 0 Å². The average molecular weight is 298 g/mol. The summed E-state index contributed by atoms with van der Waals surface area (Å²) in [5.41, 5.74) is 0.757. The van der Waals surface area contributed by atoms with E-state index in [1.54, 1.807) is 31.2 Å². The topological polar surface area (TPSA) is 76.0 Å². The van der Waals surface area contributed by atoms with Gasteiger partial charge in [0.15, 0.2) is 0 Å². The lowest BCUT2D eigenvalue weighted by atomic mass is 10.2. The van der Waals surface area contributed by atoms with Gasteiger partial charge in [-0.05, 0) is 37.6 Å². The summed E-state index contributed by atoms with van der Waals surface area (Å²) >= 11 is 0. The van der Waals surface area contributed by atoms with Crippen LogP contribution in [0.1, 0.15) is 25.3 Å². The highest BCUT2D eigenvalue weighted by atomic mass is 32.3. The second-order valence-electron chi connectivity index (χ2n) is 4.35. The lowest BCUT2D eigenvalue weighted by Crippen LogP contribution is -2.06. The fourth-order valence-corrected chi connectivity index (χ4v) is 3.13. The normalized spacial score (nSPS) is 16.6. The first-order chi connectivity index (χ1) is 9.53. The van der Waals surface area contributed by atoms with E-state index in [0.717, 1.165) is 5.56 Å². The molecule has 0 bridgehead atoms.